The molecule has 2 N–H and O–H groups in total. The third-order valence-corrected chi connectivity index (χ3v) is 4.88. The summed E-state index contributed by atoms with van der Waals surface area (Å²) in [6.45, 7) is 6.74. The van der Waals surface area contributed by atoms with Gasteiger partial charge >= 0.3 is 0 Å². The molecule has 1 aromatic carbocycles. The lowest BCUT2D eigenvalue weighted by Gasteiger charge is -2.18. The van der Waals surface area contributed by atoms with Gasteiger partial charge in [-0.3, -0.25) is 0 Å². The van der Waals surface area contributed by atoms with Gasteiger partial charge in [0.1, 0.15) is 0 Å². The fourth-order valence-electron chi connectivity index (χ4n) is 1.94. The molecule has 21 heavy (non-hydrogen) atoms. The Labute approximate surface area is 128 Å². The standard InChI is InChI=1S/C15H27N3O2S/c1-4-10-16-11-7-12-18(3)21(19,20)17-13-15-9-6-5-8-14(15)2/h5-6,8-9,16-17H,4,7,10-13H2,1-3H3. The Bertz CT molecular complexity index is 517. The van der Waals surface area contributed by atoms with Gasteiger partial charge in [-0.05, 0) is 44.0 Å². The van der Waals surface area contributed by atoms with Crippen LogP contribution in [0.15, 0.2) is 24.3 Å². The van der Waals surface area contributed by atoms with E-state index in [1.165, 1.54) is 4.31 Å². The van der Waals surface area contributed by atoms with Crippen molar-refractivity contribution in [2.45, 2.75) is 33.2 Å². The second-order valence-corrected chi connectivity index (χ2v) is 7.04. The summed E-state index contributed by atoms with van der Waals surface area (Å²) in [7, 11) is -1.80. The second-order valence-electron chi connectivity index (χ2n) is 5.18. The van der Waals surface area contributed by atoms with Crippen molar-refractivity contribution in [1.29, 1.82) is 0 Å². The smallest absolute Gasteiger partial charge is 0.279 e. The van der Waals surface area contributed by atoms with Crippen molar-refractivity contribution < 1.29 is 8.42 Å². The van der Waals surface area contributed by atoms with Crippen LogP contribution in [0.1, 0.15) is 30.9 Å². The van der Waals surface area contributed by atoms with Crippen LogP contribution in [0.5, 0.6) is 0 Å². The van der Waals surface area contributed by atoms with Crippen LogP contribution < -0.4 is 10.0 Å². The van der Waals surface area contributed by atoms with Crippen LogP contribution in [-0.2, 0) is 16.8 Å². The molecule has 0 heterocycles. The number of rotatable bonds is 10. The number of aryl methyl sites for hydroxylation is 1. The van der Waals surface area contributed by atoms with Crippen molar-refractivity contribution in [3.8, 4) is 0 Å². The van der Waals surface area contributed by atoms with Crippen molar-refractivity contribution in [1.82, 2.24) is 14.3 Å². The monoisotopic (exact) mass is 313 g/mol. The molecule has 0 radical (unpaired) electrons. The van der Waals surface area contributed by atoms with Gasteiger partial charge in [0.15, 0.2) is 0 Å². The fraction of sp³-hybridized carbons (Fsp3) is 0.600. The van der Waals surface area contributed by atoms with E-state index in [0.29, 0.717) is 13.1 Å². The third-order valence-electron chi connectivity index (χ3n) is 3.37. The molecule has 0 aliphatic heterocycles. The van der Waals surface area contributed by atoms with Crippen LogP contribution in [0.25, 0.3) is 0 Å². The van der Waals surface area contributed by atoms with Crippen molar-refractivity contribution in [3.63, 3.8) is 0 Å². The normalized spacial score (nSPS) is 12.0. The van der Waals surface area contributed by atoms with Gasteiger partial charge in [0.25, 0.3) is 10.2 Å². The summed E-state index contributed by atoms with van der Waals surface area (Å²) < 4.78 is 28.3. The Balaban J connectivity index is 2.40. The quantitative estimate of drug-likeness (QED) is 0.646. The first-order valence-electron chi connectivity index (χ1n) is 7.43. The molecule has 1 aromatic rings. The largest absolute Gasteiger partial charge is 0.317 e. The molecule has 1 rings (SSSR count). The summed E-state index contributed by atoms with van der Waals surface area (Å²) in [6, 6.07) is 7.78. The Hall–Kier alpha value is -0.950. The first kappa shape index (κ1) is 18.1. The van der Waals surface area contributed by atoms with Gasteiger partial charge in [0, 0.05) is 20.1 Å². The molecule has 0 aromatic heterocycles. The van der Waals surface area contributed by atoms with E-state index in [2.05, 4.69) is 17.0 Å². The van der Waals surface area contributed by atoms with Gasteiger partial charge in [-0.15, -0.1) is 0 Å². The zero-order chi connectivity index (χ0) is 15.7. The van der Waals surface area contributed by atoms with Crippen molar-refractivity contribution in [2.75, 3.05) is 26.7 Å². The molecular weight excluding hydrogens is 286 g/mol. The summed E-state index contributed by atoms with van der Waals surface area (Å²) in [5, 5.41) is 3.27. The van der Waals surface area contributed by atoms with Crippen molar-refractivity contribution in [3.05, 3.63) is 35.4 Å². The lowest BCUT2D eigenvalue weighted by atomic mass is 10.1. The van der Waals surface area contributed by atoms with Gasteiger partial charge in [0.2, 0.25) is 0 Å². The lowest BCUT2D eigenvalue weighted by molar-refractivity contribution is 0.444. The minimum atomic E-state index is -3.41. The summed E-state index contributed by atoms with van der Waals surface area (Å²) in [6.07, 6.45) is 1.90. The second kappa shape index (κ2) is 9.15. The van der Waals surface area contributed by atoms with E-state index in [1.807, 2.05) is 31.2 Å². The molecule has 6 heteroatoms. The van der Waals surface area contributed by atoms with Crippen LogP contribution in [-0.4, -0.2) is 39.4 Å². The fourth-order valence-corrected chi connectivity index (χ4v) is 2.86. The maximum Gasteiger partial charge on any atom is 0.279 e. The highest BCUT2D eigenvalue weighted by Gasteiger charge is 2.16. The Kier molecular flexibility index (Phi) is 7.88. The Morgan fingerprint density at radius 3 is 2.57 bits per heavy atom. The van der Waals surface area contributed by atoms with E-state index in [9.17, 15) is 8.42 Å². The summed E-state index contributed by atoms with van der Waals surface area (Å²) in [4.78, 5) is 0. The molecule has 0 fully saturated rings. The SMILES string of the molecule is CCCNCCCN(C)S(=O)(=O)NCc1ccccc1C. The van der Waals surface area contributed by atoms with Gasteiger partial charge in [0.05, 0.1) is 0 Å². The topological polar surface area (TPSA) is 61.4 Å². The molecule has 0 spiro atoms. The molecule has 0 unspecified atom stereocenters. The lowest BCUT2D eigenvalue weighted by Crippen LogP contribution is -2.39. The van der Waals surface area contributed by atoms with Crippen molar-refractivity contribution in [2.24, 2.45) is 0 Å². The number of nitrogens with one attached hydrogen (secondary N) is 2. The minimum absolute atomic E-state index is 0.327. The van der Waals surface area contributed by atoms with E-state index in [0.717, 1.165) is 37.1 Å². The zero-order valence-corrected chi connectivity index (χ0v) is 14.0. The van der Waals surface area contributed by atoms with Crippen LogP contribution >= 0.6 is 0 Å². The van der Waals surface area contributed by atoms with Crippen molar-refractivity contribution >= 4 is 10.2 Å². The van der Waals surface area contributed by atoms with E-state index in [1.54, 1.807) is 7.05 Å². The number of hydrogen-bond donors (Lipinski definition) is 2. The van der Waals surface area contributed by atoms with E-state index in [4.69, 9.17) is 0 Å². The van der Waals surface area contributed by atoms with E-state index in [-0.39, 0.29) is 0 Å². The number of benzene rings is 1. The summed E-state index contributed by atoms with van der Waals surface area (Å²) in [5.41, 5.74) is 2.09. The molecule has 0 saturated heterocycles. The number of nitrogens with zero attached hydrogens (tertiary/aromatic N) is 1. The van der Waals surface area contributed by atoms with Crippen LogP contribution in [0.2, 0.25) is 0 Å². The maximum absolute atomic E-state index is 12.1. The zero-order valence-electron chi connectivity index (χ0n) is 13.2. The predicted octanol–water partition coefficient (Wildman–Crippen LogP) is 1.65. The molecule has 0 aliphatic rings. The molecule has 0 amide bonds. The molecular formula is C15H27N3O2S. The van der Waals surface area contributed by atoms with Crippen LogP contribution in [0, 0.1) is 6.92 Å². The van der Waals surface area contributed by atoms with Crippen LogP contribution in [0.3, 0.4) is 0 Å². The van der Waals surface area contributed by atoms with Gasteiger partial charge in [-0.25, -0.2) is 0 Å². The Morgan fingerprint density at radius 1 is 1.19 bits per heavy atom. The average Bonchev–Trinajstić information content (AvgIpc) is 2.46. The molecule has 0 saturated carbocycles. The predicted molar refractivity (Wildman–Crippen MR) is 87.3 cm³/mol. The van der Waals surface area contributed by atoms with Gasteiger partial charge < -0.3 is 5.32 Å². The Morgan fingerprint density at radius 2 is 1.90 bits per heavy atom. The van der Waals surface area contributed by atoms with Gasteiger partial charge in [-0.2, -0.15) is 17.4 Å². The highest BCUT2D eigenvalue weighted by molar-refractivity contribution is 7.87. The molecule has 5 nitrogen and oxygen atoms in total. The minimum Gasteiger partial charge on any atom is -0.317 e. The first-order chi connectivity index (χ1) is 9.97. The molecule has 0 aliphatic carbocycles. The highest BCUT2D eigenvalue weighted by Crippen LogP contribution is 2.07. The van der Waals surface area contributed by atoms with E-state index < -0.39 is 10.2 Å². The first-order valence-corrected chi connectivity index (χ1v) is 8.87. The molecule has 0 atom stereocenters. The van der Waals surface area contributed by atoms with Crippen LogP contribution in [0.4, 0.5) is 0 Å². The average molecular weight is 313 g/mol. The van der Waals surface area contributed by atoms with Gasteiger partial charge in [-0.1, -0.05) is 31.2 Å². The molecule has 0 bridgehead atoms. The third kappa shape index (κ3) is 6.56. The maximum atomic E-state index is 12.1. The highest BCUT2D eigenvalue weighted by atomic mass is 32.2. The number of hydrogen-bond acceptors (Lipinski definition) is 3. The summed E-state index contributed by atoms with van der Waals surface area (Å²) >= 11 is 0. The summed E-state index contributed by atoms with van der Waals surface area (Å²) in [5.74, 6) is 0. The van der Waals surface area contributed by atoms with E-state index >= 15 is 0 Å². The molecule has 120 valence electrons.